The number of rotatable bonds is 5. The van der Waals surface area contributed by atoms with Crippen LogP contribution in [-0.2, 0) is 10.0 Å². The van der Waals surface area contributed by atoms with Gasteiger partial charge in [-0.05, 0) is 13.0 Å². The summed E-state index contributed by atoms with van der Waals surface area (Å²) in [6.07, 6.45) is 2.14. The average molecular weight is 166 g/mol. The first kappa shape index (κ1) is 9.87. The van der Waals surface area contributed by atoms with Crippen LogP contribution in [0.15, 0.2) is 0 Å². The summed E-state index contributed by atoms with van der Waals surface area (Å²) in [5, 5.41) is 2.90. The van der Waals surface area contributed by atoms with Gasteiger partial charge in [-0.1, -0.05) is 6.92 Å². The third-order valence-corrected chi connectivity index (χ3v) is 1.55. The van der Waals surface area contributed by atoms with Crippen LogP contribution in [0.2, 0.25) is 0 Å². The van der Waals surface area contributed by atoms with Gasteiger partial charge in [-0.3, -0.25) is 0 Å². The van der Waals surface area contributed by atoms with Crippen LogP contribution in [0.5, 0.6) is 0 Å². The zero-order chi connectivity index (χ0) is 8.04. The normalized spacial score (nSPS) is 11.8. The van der Waals surface area contributed by atoms with Crippen molar-refractivity contribution < 1.29 is 8.42 Å². The highest BCUT2D eigenvalue weighted by Gasteiger charge is 1.96. The Morgan fingerprint density at radius 1 is 1.40 bits per heavy atom. The molecule has 0 atom stereocenters. The van der Waals surface area contributed by atoms with Gasteiger partial charge in [0.25, 0.3) is 0 Å². The summed E-state index contributed by atoms with van der Waals surface area (Å²) in [4.78, 5) is 0. The lowest BCUT2D eigenvalue weighted by atomic mass is 10.5. The molecule has 0 heterocycles. The summed E-state index contributed by atoms with van der Waals surface area (Å²) in [7, 11) is -3.02. The molecule has 10 heavy (non-hydrogen) atoms. The fraction of sp³-hybridized carbons (Fsp3) is 1.00. The summed E-state index contributed by atoms with van der Waals surface area (Å²) in [6.45, 7) is 3.18. The Morgan fingerprint density at radius 2 is 2.00 bits per heavy atom. The second-order valence-corrected chi connectivity index (χ2v) is 3.93. The lowest BCUT2D eigenvalue weighted by molar-refractivity contribution is 0.574. The standard InChI is InChI=1S/C5H14N2O2S/c1-3-4-6-5-7-10(2,8)9/h6-7H,3-5H2,1-2H3. The minimum Gasteiger partial charge on any atom is -0.304 e. The number of hydrogen-bond acceptors (Lipinski definition) is 3. The molecule has 0 radical (unpaired) electrons. The van der Waals surface area contributed by atoms with E-state index in [2.05, 4.69) is 10.0 Å². The third kappa shape index (κ3) is 7.87. The number of hydrogen-bond donors (Lipinski definition) is 2. The Labute approximate surface area is 62.1 Å². The van der Waals surface area contributed by atoms with Crippen molar-refractivity contribution in [3.05, 3.63) is 0 Å². The van der Waals surface area contributed by atoms with Crippen molar-refractivity contribution >= 4 is 10.0 Å². The van der Waals surface area contributed by atoms with Crippen molar-refractivity contribution in [3.63, 3.8) is 0 Å². The molecule has 0 saturated carbocycles. The molecule has 0 aliphatic carbocycles. The van der Waals surface area contributed by atoms with Crippen LogP contribution in [0.3, 0.4) is 0 Å². The first-order valence-corrected chi connectivity index (χ1v) is 5.10. The summed E-state index contributed by atoms with van der Waals surface area (Å²) in [6, 6.07) is 0. The molecule has 5 heteroatoms. The van der Waals surface area contributed by atoms with Crippen LogP contribution < -0.4 is 10.0 Å². The zero-order valence-corrected chi connectivity index (χ0v) is 7.16. The largest absolute Gasteiger partial charge is 0.304 e. The molecule has 2 N–H and O–H groups in total. The predicted octanol–water partition coefficient (Wildman–Crippen LogP) is -0.507. The quantitative estimate of drug-likeness (QED) is 0.427. The fourth-order valence-electron chi connectivity index (χ4n) is 0.447. The summed E-state index contributed by atoms with van der Waals surface area (Å²) in [5.74, 6) is 0. The van der Waals surface area contributed by atoms with Gasteiger partial charge in [0.15, 0.2) is 0 Å². The van der Waals surface area contributed by atoms with Crippen molar-refractivity contribution in [2.45, 2.75) is 13.3 Å². The predicted molar refractivity (Wildman–Crippen MR) is 41.1 cm³/mol. The Hall–Kier alpha value is -0.130. The van der Waals surface area contributed by atoms with Crippen LogP contribution in [-0.4, -0.2) is 27.9 Å². The van der Waals surface area contributed by atoms with Gasteiger partial charge < -0.3 is 5.32 Å². The van der Waals surface area contributed by atoms with E-state index in [0.717, 1.165) is 19.2 Å². The minimum atomic E-state index is -3.02. The molecule has 0 rings (SSSR count). The van der Waals surface area contributed by atoms with Crippen molar-refractivity contribution in [2.75, 3.05) is 19.5 Å². The van der Waals surface area contributed by atoms with Crippen molar-refractivity contribution in [1.82, 2.24) is 10.0 Å². The van der Waals surface area contributed by atoms with E-state index in [-0.39, 0.29) is 0 Å². The zero-order valence-electron chi connectivity index (χ0n) is 6.35. The molecule has 4 nitrogen and oxygen atoms in total. The van der Waals surface area contributed by atoms with Crippen LogP contribution in [0.25, 0.3) is 0 Å². The molecule has 0 aromatic rings. The highest BCUT2D eigenvalue weighted by molar-refractivity contribution is 7.88. The van der Waals surface area contributed by atoms with Crippen molar-refractivity contribution in [1.29, 1.82) is 0 Å². The van der Waals surface area contributed by atoms with E-state index in [0.29, 0.717) is 6.67 Å². The molecular formula is C5H14N2O2S. The second kappa shape index (κ2) is 4.65. The van der Waals surface area contributed by atoms with Crippen LogP contribution >= 0.6 is 0 Å². The SMILES string of the molecule is CCCNCNS(C)(=O)=O. The van der Waals surface area contributed by atoms with Gasteiger partial charge in [0.2, 0.25) is 10.0 Å². The molecule has 0 aliphatic rings. The first-order valence-electron chi connectivity index (χ1n) is 3.21. The maximum Gasteiger partial charge on any atom is 0.209 e. The van der Waals surface area contributed by atoms with Gasteiger partial charge in [0.05, 0.1) is 12.9 Å². The van der Waals surface area contributed by atoms with Crippen LogP contribution in [0, 0.1) is 0 Å². The van der Waals surface area contributed by atoms with E-state index in [1.165, 1.54) is 0 Å². The van der Waals surface area contributed by atoms with E-state index in [9.17, 15) is 8.42 Å². The van der Waals surface area contributed by atoms with Gasteiger partial charge in [0, 0.05) is 0 Å². The molecule has 0 spiro atoms. The highest BCUT2D eigenvalue weighted by Crippen LogP contribution is 1.71. The first-order chi connectivity index (χ1) is 4.56. The molecule has 0 unspecified atom stereocenters. The van der Waals surface area contributed by atoms with E-state index >= 15 is 0 Å². The Kier molecular flexibility index (Phi) is 4.59. The molecule has 0 saturated heterocycles. The molecule has 0 fully saturated rings. The van der Waals surface area contributed by atoms with Crippen molar-refractivity contribution in [2.24, 2.45) is 0 Å². The molecule has 0 aromatic heterocycles. The molecule has 62 valence electrons. The molecule has 0 amide bonds. The number of nitrogens with one attached hydrogen (secondary N) is 2. The smallest absolute Gasteiger partial charge is 0.209 e. The molecule has 0 bridgehead atoms. The number of sulfonamides is 1. The average Bonchev–Trinajstić information content (AvgIpc) is 1.78. The van der Waals surface area contributed by atoms with E-state index < -0.39 is 10.0 Å². The highest BCUT2D eigenvalue weighted by atomic mass is 32.2. The molecular weight excluding hydrogens is 152 g/mol. The van der Waals surface area contributed by atoms with Crippen LogP contribution in [0.4, 0.5) is 0 Å². The van der Waals surface area contributed by atoms with Crippen molar-refractivity contribution in [3.8, 4) is 0 Å². The van der Waals surface area contributed by atoms with E-state index in [1.54, 1.807) is 0 Å². The lowest BCUT2D eigenvalue weighted by Gasteiger charge is -2.01. The summed E-state index contributed by atoms with van der Waals surface area (Å²) < 4.78 is 23.2. The maximum absolute atomic E-state index is 10.4. The van der Waals surface area contributed by atoms with E-state index in [1.807, 2.05) is 6.92 Å². The Balaban J connectivity index is 3.21. The minimum absolute atomic E-state index is 0.326. The maximum atomic E-state index is 10.4. The van der Waals surface area contributed by atoms with Gasteiger partial charge in [-0.15, -0.1) is 0 Å². The van der Waals surface area contributed by atoms with Gasteiger partial charge in [-0.25, -0.2) is 13.1 Å². The lowest BCUT2D eigenvalue weighted by Crippen LogP contribution is -2.33. The molecule has 0 aromatic carbocycles. The van der Waals surface area contributed by atoms with Crippen LogP contribution in [0.1, 0.15) is 13.3 Å². The van der Waals surface area contributed by atoms with Gasteiger partial charge >= 0.3 is 0 Å². The van der Waals surface area contributed by atoms with E-state index in [4.69, 9.17) is 0 Å². The Morgan fingerprint density at radius 3 is 2.40 bits per heavy atom. The topological polar surface area (TPSA) is 58.2 Å². The monoisotopic (exact) mass is 166 g/mol. The molecule has 0 aliphatic heterocycles. The van der Waals surface area contributed by atoms with Gasteiger partial charge in [-0.2, -0.15) is 0 Å². The summed E-state index contributed by atoms with van der Waals surface area (Å²) in [5.41, 5.74) is 0. The Bertz CT molecular complexity index is 164. The fourth-order valence-corrected chi connectivity index (χ4v) is 0.812. The van der Waals surface area contributed by atoms with Gasteiger partial charge in [0.1, 0.15) is 0 Å². The summed E-state index contributed by atoms with van der Waals surface area (Å²) >= 11 is 0. The second-order valence-electron chi connectivity index (χ2n) is 2.09. The third-order valence-electron chi connectivity index (χ3n) is 0.886.